The maximum absolute atomic E-state index is 11.7. The summed E-state index contributed by atoms with van der Waals surface area (Å²) < 4.78 is 10.5. The van der Waals surface area contributed by atoms with Crippen LogP contribution in [0, 0.1) is 0 Å². The number of halogens is 1. The van der Waals surface area contributed by atoms with E-state index in [1.807, 2.05) is 0 Å². The lowest BCUT2D eigenvalue weighted by atomic mass is 10.1. The molecule has 0 aliphatic carbocycles. The molecule has 0 bridgehead atoms. The molecular formula is C12H9BrN4O3. The summed E-state index contributed by atoms with van der Waals surface area (Å²) in [5.41, 5.74) is 9.44. The van der Waals surface area contributed by atoms with Gasteiger partial charge in [-0.25, -0.2) is 4.79 Å². The Morgan fingerprint density at radius 1 is 1.45 bits per heavy atom. The minimum absolute atomic E-state index is 0.0896. The van der Waals surface area contributed by atoms with E-state index >= 15 is 0 Å². The second-order valence-corrected chi connectivity index (χ2v) is 4.53. The van der Waals surface area contributed by atoms with Crippen molar-refractivity contribution in [3.8, 4) is 5.75 Å². The van der Waals surface area contributed by atoms with Crippen molar-refractivity contribution in [2.45, 2.75) is 0 Å². The van der Waals surface area contributed by atoms with Gasteiger partial charge < -0.3 is 9.47 Å². The summed E-state index contributed by atoms with van der Waals surface area (Å²) in [7, 11) is 2.75. The number of esters is 1. The smallest absolute Gasteiger partial charge is 0.339 e. The third kappa shape index (κ3) is 2.26. The Morgan fingerprint density at radius 2 is 2.20 bits per heavy atom. The minimum atomic E-state index is -0.628. The minimum Gasteiger partial charge on any atom is -0.494 e. The molecule has 1 aromatic carbocycles. The second kappa shape index (κ2) is 5.77. The highest BCUT2D eigenvalue weighted by Crippen LogP contribution is 2.38. The Labute approximate surface area is 122 Å². The van der Waals surface area contributed by atoms with Gasteiger partial charge in [-0.3, -0.25) is 4.98 Å². The topological polar surface area (TPSA) is 97.2 Å². The van der Waals surface area contributed by atoms with E-state index in [1.54, 1.807) is 12.1 Å². The standard InChI is InChI=1S/C12H9BrN4O3/c1-19-8-4-3-7(13)9-10(16-17-14)6(12(18)20-2)5-15-11(8)9/h3-5H,1-2H3. The molecule has 0 atom stereocenters. The largest absolute Gasteiger partial charge is 0.494 e. The fourth-order valence-electron chi connectivity index (χ4n) is 1.80. The fraction of sp³-hybridized carbons (Fsp3) is 0.167. The number of benzene rings is 1. The van der Waals surface area contributed by atoms with E-state index in [-0.39, 0.29) is 11.3 Å². The van der Waals surface area contributed by atoms with E-state index in [0.717, 1.165) is 0 Å². The third-order valence-electron chi connectivity index (χ3n) is 2.67. The molecule has 2 aromatic rings. The molecular weight excluding hydrogens is 328 g/mol. The van der Waals surface area contributed by atoms with Gasteiger partial charge in [-0.15, -0.1) is 0 Å². The number of pyridine rings is 1. The Bertz CT molecular complexity index is 741. The highest BCUT2D eigenvalue weighted by atomic mass is 79.9. The van der Waals surface area contributed by atoms with Crippen LogP contribution in [0.5, 0.6) is 5.75 Å². The van der Waals surface area contributed by atoms with Gasteiger partial charge in [0, 0.05) is 21.0 Å². The van der Waals surface area contributed by atoms with E-state index in [2.05, 4.69) is 35.7 Å². The van der Waals surface area contributed by atoms with Gasteiger partial charge in [-0.1, -0.05) is 21.0 Å². The Kier molecular flexibility index (Phi) is 4.07. The summed E-state index contributed by atoms with van der Waals surface area (Å²) in [6.45, 7) is 0. The zero-order valence-electron chi connectivity index (χ0n) is 10.6. The molecule has 0 radical (unpaired) electrons. The Hall–Kier alpha value is -2.31. The number of ether oxygens (including phenoxy) is 2. The van der Waals surface area contributed by atoms with Crippen LogP contribution < -0.4 is 4.74 Å². The average molecular weight is 337 g/mol. The van der Waals surface area contributed by atoms with Gasteiger partial charge in [0.1, 0.15) is 11.3 Å². The zero-order valence-corrected chi connectivity index (χ0v) is 12.2. The highest BCUT2D eigenvalue weighted by Gasteiger charge is 2.18. The lowest BCUT2D eigenvalue weighted by molar-refractivity contribution is 0.0601. The molecule has 0 amide bonds. The molecule has 1 heterocycles. The molecule has 20 heavy (non-hydrogen) atoms. The number of fused-ring (bicyclic) bond motifs is 1. The van der Waals surface area contributed by atoms with Gasteiger partial charge in [0.25, 0.3) is 0 Å². The van der Waals surface area contributed by atoms with Crippen molar-refractivity contribution in [2.75, 3.05) is 14.2 Å². The van der Waals surface area contributed by atoms with Crippen LogP contribution in [0.25, 0.3) is 21.3 Å². The summed E-state index contributed by atoms with van der Waals surface area (Å²) in [5, 5.41) is 4.08. The molecule has 8 heteroatoms. The third-order valence-corrected chi connectivity index (χ3v) is 3.34. The first-order chi connectivity index (χ1) is 9.63. The number of carbonyl (C=O) groups excluding carboxylic acids is 1. The summed E-state index contributed by atoms with van der Waals surface area (Å²) in [6.07, 6.45) is 1.30. The first-order valence-electron chi connectivity index (χ1n) is 5.42. The van der Waals surface area contributed by atoms with Crippen molar-refractivity contribution >= 4 is 38.5 Å². The van der Waals surface area contributed by atoms with Crippen molar-refractivity contribution in [3.05, 3.63) is 38.8 Å². The number of rotatable bonds is 3. The SMILES string of the molecule is COC(=O)c1cnc2c(OC)ccc(Br)c2c1N=[N+]=[N-]. The van der Waals surface area contributed by atoms with Crippen molar-refractivity contribution in [1.29, 1.82) is 0 Å². The number of nitrogens with zero attached hydrogens (tertiary/aromatic N) is 4. The molecule has 0 saturated heterocycles. The number of methoxy groups -OCH3 is 2. The van der Waals surface area contributed by atoms with E-state index in [4.69, 9.17) is 10.3 Å². The summed E-state index contributed by atoms with van der Waals surface area (Å²) in [5.74, 6) is -0.120. The van der Waals surface area contributed by atoms with Gasteiger partial charge in [-0.05, 0) is 17.7 Å². The lowest BCUT2D eigenvalue weighted by Crippen LogP contribution is -2.03. The molecule has 2 rings (SSSR count). The molecule has 7 nitrogen and oxygen atoms in total. The van der Waals surface area contributed by atoms with E-state index < -0.39 is 5.97 Å². The van der Waals surface area contributed by atoms with Crippen LogP contribution in [0.3, 0.4) is 0 Å². The van der Waals surface area contributed by atoms with E-state index in [1.165, 1.54) is 20.4 Å². The first-order valence-corrected chi connectivity index (χ1v) is 6.22. The quantitative estimate of drug-likeness (QED) is 0.369. The lowest BCUT2D eigenvalue weighted by Gasteiger charge is -2.11. The monoisotopic (exact) mass is 336 g/mol. The summed E-state index contributed by atoms with van der Waals surface area (Å²) in [6, 6.07) is 3.44. The van der Waals surface area contributed by atoms with Crippen LogP contribution >= 0.6 is 15.9 Å². The molecule has 1 aromatic heterocycles. The fourth-order valence-corrected chi connectivity index (χ4v) is 2.31. The van der Waals surface area contributed by atoms with Crippen LogP contribution in [0.2, 0.25) is 0 Å². The van der Waals surface area contributed by atoms with Crippen LogP contribution in [-0.2, 0) is 4.74 Å². The van der Waals surface area contributed by atoms with Crippen molar-refractivity contribution < 1.29 is 14.3 Å². The molecule has 0 fully saturated rings. The average Bonchev–Trinajstić information content (AvgIpc) is 2.47. The van der Waals surface area contributed by atoms with Crippen molar-refractivity contribution in [3.63, 3.8) is 0 Å². The number of carbonyl (C=O) groups is 1. The van der Waals surface area contributed by atoms with Crippen LogP contribution in [-0.4, -0.2) is 25.2 Å². The summed E-state index contributed by atoms with van der Waals surface area (Å²) >= 11 is 3.36. The predicted molar refractivity (Wildman–Crippen MR) is 76.1 cm³/mol. The van der Waals surface area contributed by atoms with E-state index in [9.17, 15) is 4.79 Å². The molecule has 0 saturated carbocycles. The molecule has 0 N–H and O–H groups in total. The molecule has 0 aliphatic heterocycles. The number of aromatic nitrogens is 1. The molecule has 0 aliphatic rings. The Morgan fingerprint density at radius 3 is 2.80 bits per heavy atom. The van der Waals surface area contributed by atoms with Crippen molar-refractivity contribution in [1.82, 2.24) is 4.98 Å². The molecule has 0 spiro atoms. The Balaban J connectivity index is 2.94. The van der Waals surface area contributed by atoms with Crippen LogP contribution in [0.15, 0.2) is 27.9 Å². The van der Waals surface area contributed by atoms with Gasteiger partial charge in [-0.2, -0.15) is 0 Å². The van der Waals surface area contributed by atoms with Crippen LogP contribution in [0.4, 0.5) is 5.69 Å². The van der Waals surface area contributed by atoms with Gasteiger partial charge in [0.05, 0.1) is 25.5 Å². The molecule has 0 unspecified atom stereocenters. The van der Waals surface area contributed by atoms with Gasteiger partial charge >= 0.3 is 5.97 Å². The van der Waals surface area contributed by atoms with E-state index in [0.29, 0.717) is 21.1 Å². The number of hydrogen-bond acceptors (Lipinski definition) is 5. The number of azide groups is 1. The van der Waals surface area contributed by atoms with Crippen molar-refractivity contribution in [2.24, 2.45) is 5.11 Å². The normalized spacial score (nSPS) is 9.95. The number of hydrogen-bond donors (Lipinski definition) is 0. The maximum Gasteiger partial charge on any atom is 0.339 e. The highest BCUT2D eigenvalue weighted by molar-refractivity contribution is 9.10. The molecule has 102 valence electrons. The van der Waals surface area contributed by atoms with Gasteiger partial charge in [0.2, 0.25) is 0 Å². The summed E-state index contributed by atoms with van der Waals surface area (Å²) in [4.78, 5) is 18.7. The first kappa shape index (κ1) is 14.1. The van der Waals surface area contributed by atoms with Crippen LogP contribution in [0.1, 0.15) is 10.4 Å². The second-order valence-electron chi connectivity index (χ2n) is 3.67. The zero-order chi connectivity index (χ0) is 14.7. The van der Waals surface area contributed by atoms with Gasteiger partial charge in [0.15, 0.2) is 0 Å². The maximum atomic E-state index is 11.7. The predicted octanol–water partition coefficient (Wildman–Crippen LogP) is 3.73.